The Hall–Kier alpha value is -2.36. The zero-order valence-corrected chi connectivity index (χ0v) is 19.9. The Bertz CT molecular complexity index is 1090. The lowest BCUT2D eigenvalue weighted by Crippen LogP contribution is -2.22. The highest BCUT2D eigenvalue weighted by Gasteiger charge is 2.25. The number of rotatable bonds is 6. The van der Waals surface area contributed by atoms with E-state index in [1.165, 1.54) is 15.9 Å². The molecular formula is C26H22IO2P. The zero-order chi connectivity index (χ0) is 20.9. The van der Waals surface area contributed by atoms with Crippen molar-refractivity contribution < 1.29 is 9.47 Å². The molecule has 0 aliphatic carbocycles. The third-order valence-electron chi connectivity index (χ3n) is 4.94. The molecule has 0 fully saturated rings. The molecule has 4 aromatic carbocycles. The van der Waals surface area contributed by atoms with Crippen molar-refractivity contribution in [3.05, 3.63) is 101 Å². The fourth-order valence-corrected chi connectivity index (χ4v) is 6.84. The van der Waals surface area contributed by atoms with Crippen LogP contribution in [0.5, 0.6) is 11.5 Å². The van der Waals surface area contributed by atoms with Gasteiger partial charge in [0.05, 0.1) is 14.2 Å². The van der Waals surface area contributed by atoms with Crippen molar-refractivity contribution in [1.82, 2.24) is 0 Å². The normalized spacial score (nSPS) is 10.8. The third-order valence-corrected chi connectivity index (χ3v) is 8.32. The minimum atomic E-state index is -0.781. The van der Waals surface area contributed by atoms with Gasteiger partial charge in [-0.3, -0.25) is 0 Å². The third kappa shape index (κ3) is 4.10. The van der Waals surface area contributed by atoms with Gasteiger partial charge in [0, 0.05) is 14.7 Å². The summed E-state index contributed by atoms with van der Waals surface area (Å²) in [6.07, 6.45) is 0. The lowest BCUT2D eigenvalue weighted by Gasteiger charge is -2.25. The Labute approximate surface area is 192 Å². The number of halogens is 1. The van der Waals surface area contributed by atoms with E-state index in [2.05, 4.69) is 101 Å². The van der Waals surface area contributed by atoms with Gasteiger partial charge in [0.25, 0.3) is 0 Å². The lowest BCUT2D eigenvalue weighted by molar-refractivity contribution is 0.410. The summed E-state index contributed by atoms with van der Waals surface area (Å²) < 4.78 is 12.8. The standard InChI is InChI=1S/C26H22IO2P/c1-28-22-16-9-15-21(27)25(22)26-23(29-2)17-10-18-24(26)30(19-11-5-3-6-12-19)20-13-7-4-8-14-20/h3-18H,1-2H3. The first kappa shape index (κ1) is 20.9. The van der Waals surface area contributed by atoms with Gasteiger partial charge in [-0.2, -0.15) is 0 Å². The van der Waals surface area contributed by atoms with Crippen LogP contribution in [0.1, 0.15) is 0 Å². The molecular weight excluding hydrogens is 502 g/mol. The second-order valence-corrected chi connectivity index (χ2v) is 10.0. The van der Waals surface area contributed by atoms with Crippen LogP contribution in [0.15, 0.2) is 97.1 Å². The molecule has 4 rings (SSSR count). The quantitative estimate of drug-likeness (QED) is 0.237. The van der Waals surface area contributed by atoms with E-state index in [9.17, 15) is 0 Å². The SMILES string of the molecule is COc1cccc(I)c1-c1c(OC)cccc1P(c1ccccc1)c1ccccc1. The molecule has 0 radical (unpaired) electrons. The van der Waals surface area contributed by atoms with Gasteiger partial charge in [-0.15, -0.1) is 0 Å². The van der Waals surface area contributed by atoms with Crippen LogP contribution >= 0.6 is 30.5 Å². The van der Waals surface area contributed by atoms with E-state index in [0.717, 1.165) is 26.2 Å². The molecule has 0 saturated carbocycles. The van der Waals surface area contributed by atoms with Gasteiger partial charge >= 0.3 is 0 Å². The summed E-state index contributed by atoms with van der Waals surface area (Å²) in [6, 6.07) is 33.9. The first-order valence-electron chi connectivity index (χ1n) is 9.64. The molecule has 0 aliphatic rings. The Morgan fingerprint density at radius 2 is 1.07 bits per heavy atom. The van der Waals surface area contributed by atoms with Crippen LogP contribution < -0.4 is 25.4 Å². The minimum absolute atomic E-state index is 0.781. The summed E-state index contributed by atoms with van der Waals surface area (Å²) in [5, 5.41) is 3.86. The number of ether oxygens (including phenoxy) is 2. The van der Waals surface area contributed by atoms with Crippen LogP contribution in [0, 0.1) is 3.57 Å². The van der Waals surface area contributed by atoms with Gasteiger partial charge in [0.2, 0.25) is 0 Å². The van der Waals surface area contributed by atoms with Crippen LogP contribution in [0.25, 0.3) is 11.1 Å². The van der Waals surface area contributed by atoms with E-state index in [1.54, 1.807) is 14.2 Å². The van der Waals surface area contributed by atoms with Gasteiger partial charge in [-0.25, -0.2) is 0 Å². The van der Waals surface area contributed by atoms with Crippen LogP contribution in [-0.2, 0) is 0 Å². The van der Waals surface area contributed by atoms with Crippen molar-refractivity contribution in [2.75, 3.05) is 14.2 Å². The summed E-state index contributed by atoms with van der Waals surface area (Å²) in [6.45, 7) is 0. The number of methoxy groups -OCH3 is 2. The predicted octanol–water partition coefficient (Wildman–Crippen LogP) is 5.73. The Kier molecular flexibility index (Phi) is 6.71. The van der Waals surface area contributed by atoms with Crippen molar-refractivity contribution in [1.29, 1.82) is 0 Å². The monoisotopic (exact) mass is 524 g/mol. The second-order valence-electron chi connectivity index (χ2n) is 6.68. The van der Waals surface area contributed by atoms with Crippen molar-refractivity contribution in [3.8, 4) is 22.6 Å². The van der Waals surface area contributed by atoms with Crippen molar-refractivity contribution in [2.45, 2.75) is 0 Å². The molecule has 4 aromatic rings. The molecule has 0 aromatic heterocycles. The van der Waals surface area contributed by atoms with Gasteiger partial charge < -0.3 is 9.47 Å². The average molecular weight is 524 g/mol. The first-order valence-corrected chi connectivity index (χ1v) is 12.1. The molecule has 30 heavy (non-hydrogen) atoms. The van der Waals surface area contributed by atoms with Crippen LogP contribution in [-0.4, -0.2) is 14.2 Å². The fourth-order valence-electron chi connectivity index (χ4n) is 3.63. The van der Waals surface area contributed by atoms with Crippen molar-refractivity contribution >= 4 is 46.4 Å². The Morgan fingerprint density at radius 3 is 1.60 bits per heavy atom. The summed E-state index contributed by atoms with van der Waals surface area (Å²) in [5.74, 6) is 1.71. The highest BCUT2D eigenvalue weighted by molar-refractivity contribution is 14.1. The van der Waals surface area contributed by atoms with E-state index in [1.807, 2.05) is 18.2 Å². The Balaban J connectivity index is 2.05. The number of hydrogen-bond acceptors (Lipinski definition) is 2. The molecule has 0 unspecified atom stereocenters. The van der Waals surface area contributed by atoms with E-state index in [4.69, 9.17) is 9.47 Å². The first-order chi connectivity index (χ1) is 14.7. The van der Waals surface area contributed by atoms with E-state index < -0.39 is 7.92 Å². The largest absolute Gasteiger partial charge is 0.496 e. The van der Waals surface area contributed by atoms with Crippen LogP contribution in [0.2, 0.25) is 0 Å². The molecule has 0 N–H and O–H groups in total. The predicted molar refractivity (Wildman–Crippen MR) is 136 cm³/mol. The van der Waals surface area contributed by atoms with Crippen molar-refractivity contribution in [2.24, 2.45) is 0 Å². The fraction of sp³-hybridized carbons (Fsp3) is 0.0769. The maximum Gasteiger partial charge on any atom is 0.127 e. The smallest absolute Gasteiger partial charge is 0.127 e. The van der Waals surface area contributed by atoms with Gasteiger partial charge in [0.1, 0.15) is 11.5 Å². The molecule has 2 nitrogen and oxygen atoms in total. The molecule has 150 valence electrons. The average Bonchev–Trinajstić information content (AvgIpc) is 2.80. The molecule has 0 heterocycles. The Morgan fingerprint density at radius 1 is 0.567 bits per heavy atom. The zero-order valence-electron chi connectivity index (χ0n) is 16.9. The van der Waals surface area contributed by atoms with E-state index >= 15 is 0 Å². The molecule has 4 heteroatoms. The summed E-state index contributed by atoms with van der Waals surface area (Å²) in [4.78, 5) is 0. The molecule has 0 atom stereocenters. The summed E-state index contributed by atoms with van der Waals surface area (Å²) >= 11 is 2.39. The summed E-state index contributed by atoms with van der Waals surface area (Å²) in [7, 11) is 2.68. The highest BCUT2D eigenvalue weighted by atomic mass is 127. The van der Waals surface area contributed by atoms with Crippen molar-refractivity contribution in [3.63, 3.8) is 0 Å². The molecule has 0 bridgehead atoms. The maximum atomic E-state index is 5.87. The van der Waals surface area contributed by atoms with Gasteiger partial charge in [-0.1, -0.05) is 78.9 Å². The number of hydrogen-bond donors (Lipinski definition) is 0. The topological polar surface area (TPSA) is 18.5 Å². The molecule has 0 saturated heterocycles. The highest BCUT2D eigenvalue weighted by Crippen LogP contribution is 2.44. The molecule has 0 aliphatic heterocycles. The second kappa shape index (κ2) is 9.63. The van der Waals surface area contributed by atoms with E-state index in [0.29, 0.717) is 0 Å². The van der Waals surface area contributed by atoms with E-state index in [-0.39, 0.29) is 0 Å². The van der Waals surface area contributed by atoms with Crippen LogP contribution in [0.4, 0.5) is 0 Å². The number of benzene rings is 4. The van der Waals surface area contributed by atoms with Gasteiger partial charge in [0.15, 0.2) is 0 Å². The molecule has 0 spiro atoms. The maximum absolute atomic E-state index is 5.87. The molecule has 0 amide bonds. The minimum Gasteiger partial charge on any atom is -0.496 e. The lowest BCUT2D eigenvalue weighted by atomic mass is 10.0. The van der Waals surface area contributed by atoms with Gasteiger partial charge in [-0.05, 0) is 64.6 Å². The van der Waals surface area contributed by atoms with Crippen LogP contribution in [0.3, 0.4) is 0 Å². The summed E-state index contributed by atoms with van der Waals surface area (Å²) in [5.41, 5.74) is 2.17.